The zero-order valence-electron chi connectivity index (χ0n) is 6.94. The van der Waals surface area contributed by atoms with Crippen molar-refractivity contribution in [1.82, 2.24) is 4.98 Å². The normalized spacial score (nSPS) is 8.36. The molecule has 0 aliphatic rings. The molecule has 0 radical (unpaired) electrons. The molecule has 0 fully saturated rings. The van der Waals surface area contributed by atoms with E-state index in [1.165, 1.54) is 6.07 Å². The van der Waals surface area contributed by atoms with Gasteiger partial charge in [0, 0.05) is 11.8 Å². The van der Waals surface area contributed by atoms with Crippen molar-refractivity contribution in [1.29, 1.82) is 0 Å². The molecule has 3 heteroatoms. The maximum Gasteiger partial charge on any atom is 0.251 e. The summed E-state index contributed by atoms with van der Waals surface area (Å²) in [6.07, 6.45) is 0. The van der Waals surface area contributed by atoms with Crippen LogP contribution in [0.5, 0.6) is 0 Å². The number of aromatic amines is 1. The number of halogens is 1. The van der Waals surface area contributed by atoms with Crippen molar-refractivity contribution < 1.29 is 4.39 Å². The molecule has 0 aliphatic heterocycles. The van der Waals surface area contributed by atoms with Gasteiger partial charge in [-0.3, -0.25) is 4.79 Å². The minimum Gasteiger partial charge on any atom is -0.326 e. The van der Waals surface area contributed by atoms with Crippen LogP contribution in [0, 0.1) is 12.7 Å². The van der Waals surface area contributed by atoms with Gasteiger partial charge in [0.15, 0.2) is 0 Å². The molecule has 0 amide bonds. The number of aromatic nitrogens is 1. The molecule has 1 heterocycles. The van der Waals surface area contributed by atoms with Crippen molar-refractivity contribution in [3.05, 3.63) is 34.0 Å². The van der Waals surface area contributed by atoms with Crippen molar-refractivity contribution in [3.8, 4) is 0 Å². The highest BCUT2D eigenvalue weighted by molar-refractivity contribution is 5.03. The summed E-state index contributed by atoms with van der Waals surface area (Å²) >= 11 is 0. The van der Waals surface area contributed by atoms with Gasteiger partial charge in [-0.1, -0.05) is 13.8 Å². The molecule has 1 aromatic heterocycles. The number of nitrogens with one attached hydrogen (secondary N) is 1. The molecule has 0 saturated heterocycles. The number of aryl methyl sites for hydroxylation is 1. The third kappa shape index (κ3) is 3.55. The van der Waals surface area contributed by atoms with E-state index < -0.39 is 11.4 Å². The Bertz CT molecular complexity index is 244. The summed E-state index contributed by atoms with van der Waals surface area (Å²) in [5, 5.41) is 0. The monoisotopic (exact) mass is 157 g/mol. The van der Waals surface area contributed by atoms with E-state index in [1.54, 1.807) is 6.92 Å². The second kappa shape index (κ2) is 4.66. The fourth-order valence-electron chi connectivity index (χ4n) is 0.640. The molecule has 0 bridgehead atoms. The van der Waals surface area contributed by atoms with Crippen LogP contribution in [-0.4, -0.2) is 4.98 Å². The topological polar surface area (TPSA) is 32.9 Å². The van der Waals surface area contributed by atoms with Crippen LogP contribution in [0.15, 0.2) is 16.9 Å². The lowest BCUT2D eigenvalue weighted by Crippen LogP contribution is -2.05. The van der Waals surface area contributed by atoms with Gasteiger partial charge >= 0.3 is 0 Å². The minimum atomic E-state index is -0.490. The first-order valence-electron chi connectivity index (χ1n) is 3.55. The smallest absolute Gasteiger partial charge is 0.251 e. The Balaban J connectivity index is 0.000000461. The van der Waals surface area contributed by atoms with Gasteiger partial charge in [-0.2, -0.15) is 0 Å². The average Bonchev–Trinajstić information content (AvgIpc) is 1.88. The van der Waals surface area contributed by atoms with E-state index in [0.29, 0.717) is 5.69 Å². The maximum absolute atomic E-state index is 12.2. The van der Waals surface area contributed by atoms with Crippen molar-refractivity contribution in [2.45, 2.75) is 20.8 Å². The van der Waals surface area contributed by atoms with Gasteiger partial charge in [0.2, 0.25) is 0 Å². The van der Waals surface area contributed by atoms with Gasteiger partial charge in [-0.15, -0.1) is 0 Å². The third-order valence-corrected chi connectivity index (χ3v) is 0.944. The first-order chi connectivity index (χ1) is 5.18. The number of hydrogen-bond acceptors (Lipinski definition) is 1. The zero-order chi connectivity index (χ0) is 8.85. The summed E-state index contributed by atoms with van der Waals surface area (Å²) in [6.45, 7) is 5.63. The van der Waals surface area contributed by atoms with Crippen LogP contribution in [0.4, 0.5) is 4.39 Å². The lowest BCUT2D eigenvalue weighted by molar-refractivity contribution is 0.621. The van der Waals surface area contributed by atoms with E-state index in [-0.39, 0.29) is 0 Å². The Kier molecular flexibility index (Phi) is 4.18. The standard InChI is InChI=1S/C6H6FNO.C2H6/c1-4-2-5(7)3-6(9)8-4;1-2/h2-3H,1H3,(H,8,9);1-2H3. The number of pyridine rings is 1. The van der Waals surface area contributed by atoms with Crippen LogP contribution in [-0.2, 0) is 0 Å². The van der Waals surface area contributed by atoms with Gasteiger partial charge in [-0.05, 0) is 13.0 Å². The molecule has 0 spiro atoms. The molecular formula is C8H12FNO. The van der Waals surface area contributed by atoms with E-state index in [9.17, 15) is 9.18 Å². The highest BCUT2D eigenvalue weighted by Crippen LogP contribution is 1.92. The lowest BCUT2D eigenvalue weighted by atomic mass is 10.4. The van der Waals surface area contributed by atoms with Crippen LogP contribution in [0.3, 0.4) is 0 Å². The Morgan fingerprint density at radius 1 is 1.36 bits per heavy atom. The second-order valence-electron chi connectivity index (χ2n) is 1.85. The van der Waals surface area contributed by atoms with E-state index in [1.807, 2.05) is 13.8 Å². The predicted molar refractivity (Wildman–Crippen MR) is 43.1 cm³/mol. The maximum atomic E-state index is 12.2. The van der Waals surface area contributed by atoms with E-state index >= 15 is 0 Å². The first kappa shape index (κ1) is 9.88. The highest BCUT2D eigenvalue weighted by atomic mass is 19.1. The van der Waals surface area contributed by atoms with Gasteiger partial charge in [0.1, 0.15) is 5.82 Å². The zero-order valence-corrected chi connectivity index (χ0v) is 6.94. The second-order valence-corrected chi connectivity index (χ2v) is 1.85. The Morgan fingerprint density at radius 3 is 2.27 bits per heavy atom. The van der Waals surface area contributed by atoms with Crippen LogP contribution in [0.25, 0.3) is 0 Å². The quantitative estimate of drug-likeness (QED) is 0.612. The summed E-state index contributed by atoms with van der Waals surface area (Å²) in [6, 6.07) is 2.17. The predicted octanol–water partition coefficient (Wildman–Crippen LogP) is 1.85. The van der Waals surface area contributed by atoms with Gasteiger partial charge in [0.25, 0.3) is 5.56 Å². The molecule has 62 valence electrons. The molecule has 1 rings (SSSR count). The van der Waals surface area contributed by atoms with E-state index in [0.717, 1.165) is 6.07 Å². The summed E-state index contributed by atoms with van der Waals surface area (Å²) in [7, 11) is 0. The van der Waals surface area contributed by atoms with Crippen LogP contribution < -0.4 is 5.56 Å². The average molecular weight is 157 g/mol. The molecule has 0 aromatic carbocycles. The number of rotatable bonds is 0. The molecular weight excluding hydrogens is 145 g/mol. The summed E-state index contributed by atoms with van der Waals surface area (Å²) < 4.78 is 12.2. The van der Waals surface area contributed by atoms with E-state index in [2.05, 4.69) is 4.98 Å². The van der Waals surface area contributed by atoms with Gasteiger partial charge < -0.3 is 4.98 Å². The molecule has 1 aromatic rings. The Hall–Kier alpha value is -1.12. The minimum absolute atomic E-state index is 0.396. The number of hydrogen-bond donors (Lipinski definition) is 1. The van der Waals surface area contributed by atoms with Crippen LogP contribution in [0.2, 0.25) is 0 Å². The Morgan fingerprint density at radius 2 is 1.91 bits per heavy atom. The van der Waals surface area contributed by atoms with Crippen LogP contribution in [0.1, 0.15) is 19.5 Å². The van der Waals surface area contributed by atoms with Crippen molar-refractivity contribution >= 4 is 0 Å². The third-order valence-electron chi connectivity index (χ3n) is 0.944. The molecule has 1 N–H and O–H groups in total. The SMILES string of the molecule is CC.Cc1cc(F)cc(=O)[nH]1. The number of H-pyrrole nitrogens is 1. The molecule has 11 heavy (non-hydrogen) atoms. The lowest BCUT2D eigenvalue weighted by Gasteiger charge is -1.88. The van der Waals surface area contributed by atoms with E-state index in [4.69, 9.17) is 0 Å². The van der Waals surface area contributed by atoms with Gasteiger partial charge in [0.05, 0.1) is 0 Å². The summed E-state index contributed by atoms with van der Waals surface area (Å²) in [4.78, 5) is 12.8. The van der Waals surface area contributed by atoms with Crippen molar-refractivity contribution in [2.75, 3.05) is 0 Å². The van der Waals surface area contributed by atoms with Gasteiger partial charge in [-0.25, -0.2) is 4.39 Å². The Labute approximate surface area is 65.1 Å². The van der Waals surface area contributed by atoms with Crippen LogP contribution >= 0.6 is 0 Å². The molecule has 2 nitrogen and oxygen atoms in total. The summed E-state index contributed by atoms with van der Waals surface area (Å²) in [5.74, 6) is -0.490. The summed E-state index contributed by atoms with van der Waals surface area (Å²) in [5.41, 5.74) is 0.146. The fourth-order valence-corrected chi connectivity index (χ4v) is 0.640. The highest BCUT2D eigenvalue weighted by Gasteiger charge is 1.90. The van der Waals surface area contributed by atoms with Crippen molar-refractivity contribution in [2.24, 2.45) is 0 Å². The molecule has 0 aliphatic carbocycles. The largest absolute Gasteiger partial charge is 0.326 e. The fraction of sp³-hybridized carbons (Fsp3) is 0.375. The first-order valence-corrected chi connectivity index (χ1v) is 3.55. The molecule has 0 saturated carbocycles. The van der Waals surface area contributed by atoms with Crippen molar-refractivity contribution in [3.63, 3.8) is 0 Å². The molecule has 0 unspecified atom stereocenters. The molecule has 0 atom stereocenters.